The Bertz CT molecular complexity index is 1140. The van der Waals surface area contributed by atoms with E-state index in [1.54, 1.807) is 31.4 Å². The van der Waals surface area contributed by atoms with Crippen molar-refractivity contribution in [3.63, 3.8) is 0 Å². The Hall–Kier alpha value is -3.60. The highest BCUT2D eigenvalue weighted by atomic mass is 16.5. The number of allylic oxidation sites excluding steroid dienone is 5. The molecule has 2 aromatic rings. The molecule has 0 atom stereocenters. The van der Waals surface area contributed by atoms with E-state index in [1.165, 1.54) is 44.9 Å². The fraction of sp³-hybridized carbons (Fsp3) is 0.412. The molecule has 1 heterocycles. The SMILES string of the molecule is CCCCC/C=C\C=C\CCCCCCCCC(=O)Oc1ccc2c(c1)C(=O)/C(=C/c1ccc(OC)cc1)O2. The zero-order chi connectivity index (χ0) is 27.7. The van der Waals surface area contributed by atoms with Crippen LogP contribution in [-0.4, -0.2) is 18.9 Å². The van der Waals surface area contributed by atoms with E-state index < -0.39 is 0 Å². The van der Waals surface area contributed by atoms with Crippen LogP contribution in [0.2, 0.25) is 0 Å². The van der Waals surface area contributed by atoms with Crippen LogP contribution >= 0.6 is 0 Å². The van der Waals surface area contributed by atoms with Crippen molar-refractivity contribution in [1.82, 2.24) is 0 Å². The number of rotatable bonds is 17. The summed E-state index contributed by atoms with van der Waals surface area (Å²) in [6.07, 6.45) is 23.7. The predicted octanol–water partition coefficient (Wildman–Crippen LogP) is 9.03. The molecule has 0 fully saturated rings. The molecule has 2 aromatic carbocycles. The standard InChI is InChI=1S/C34H42O5/c1-3-4-5-6-7-8-9-10-11-12-13-14-15-16-17-18-33(35)38-29-23-24-31-30(26-29)34(36)32(39-31)25-27-19-21-28(37-2)22-20-27/h7-10,19-26H,3-6,11-18H2,1-2H3/b8-7-,10-9+,32-25-. The maximum Gasteiger partial charge on any atom is 0.311 e. The van der Waals surface area contributed by atoms with E-state index in [9.17, 15) is 9.59 Å². The molecule has 3 rings (SSSR count). The van der Waals surface area contributed by atoms with Crippen LogP contribution < -0.4 is 14.2 Å². The number of Topliss-reactive ketones (excluding diaryl/α,β-unsaturated/α-hetero) is 1. The van der Waals surface area contributed by atoms with Gasteiger partial charge in [0, 0.05) is 6.42 Å². The number of unbranched alkanes of at least 4 members (excludes halogenated alkanes) is 9. The fourth-order valence-corrected chi connectivity index (χ4v) is 4.37. The van der Waals surface area contributed by atoms with Crippen LogP contribution in [0.25, 0.3) is 6.08 Å². The summed E-state index contributed by atoms with van der Waals surface area (Å²) in [6.45, 7) is 2.23. The van der Waals surface area contributed by atoms with Crippen LogP contribution in [0.1, 0.15) is 99.9 Å². The predicted molar refractivity (Wildman–Crippen MR) is 157 cm³/mol. The molecule has 0 saturated carbocycles. The zero-order valence-electron chi connectivity index (χ0n) is 23.5. The molecule has 0 amide bonds. The van der Waals surface area contributed by atoms with Crippen LogP contribution in [0.15, 0.2) is 72.5 Å². The molecule has 39 heavy (non-hydrogen) atoms. The van der Waals surface area contributed by atoms with E-state index in [0.717, 1.165) is 37.0 Å². The van der Waals surface area contributed by atoms with Crippen molar-refractivity contribution in [3.05, 3.63) is 83.7 Å². The lowest BCUT2D eigenvalue weighted by atomic mass is 10.1. The van der Waals surface area contributed by atoms with Crippen LogP contribution in [0.3, 0.4) is 0 Å². The van der Waals surface area contributed by atoms with Crippen molar-refractivity contribution in [2.45, 2.75) is 84.0 Å². The highest BCUT2D eigenvalue weighted by Crippen LogP contribution is 2.34. The second-order valence-electron chi connectivity index (χ2n) is 9.86. The number of carbonyl (C=O) groups excluding carboxylic acids is 2. The summed E-state index contributed by atoms with van der Waals surface area (Å²) < 4.78 is 16.4. The minimum absolute atomic E-state index is 0.229. The van der Waals surface area contributed by atoms with Gasteiger partial charge in [-0.1, -0.05) is 81.9 Å². The van der Waals surface area contributed by atoms with Gasteiger partial charge in [0.15, 0.2) is 5.76 Å². The number of carbonyl (C=O) groups is 2. The first-order chi connectivity index (χ1) is 19.1. The topological polar surface area (TPSA) is 61.8 Å². The molecular weight excluding hydrogens is 488 g/mol. The van der Waals surface area contributed by atoms with E-state index in [-0.39, 0.29) is 17.5 Å². The summed E-state index contributed by atoms with van der Waals surface area (Å²) in [5, 5.41) is 0. The third-order valence-corrected chi connectivity index (χ3v) is 6.64. The van der Waals surface area contributed by atoms with Gasteiger partial charge in [0.2, 0.25) is 5.78 Å². The van der Waals surface area contributed by atoms with Crippen molar-refractivity contribution in [2.24, 2.45) is 0 Å². The van der Waals surface area contributed by atoms with Gasteiger partial charge in [0.05, 0.1) is 12.7 Å². The van der Waals surface area contributed by atoms with E-state index in [1.807, 2.05) is 24.3 Å². The molecule has 1 aliphatic heterocycles. The number of ketones is 1. The van der Waals surface area contributed by atoms with Gasteiger partial charge in [-0.3, -0.25) is 9.59 Å². The molecule has 0 aromatic heterocycles. The molecule has 0 spiro atoms. The summed E-state index contributed by atoms with van der Waals surface area (Å²) in [6, 6.07) is 12.3. The van der Waals surface area contributed by atoms with Crippen molar-refractivity contribution in [2.75, 3.05) is 7.11 Å². The first-order valence-electron chi connectivity index (χ1n) is 14.4. The molecule has 0 N–H and O–H groups in total. The minimum atomic E-state index is -0.275. The zero-order valence-corrected chi connectivity index (χ0v) is 23.5. The Morgan fingerprint density at radius 2 is 1.46 bits per heavy atom. The summed E-state index contributed by atoms with van der Waals surface area (Å²) in [7, 11) is 1.61. The number of hydrogen-bond donors (Lipinski definition) is 0. The number of benzene rings is 2. The molecule has 5 heteroatoms. The van der Waals surface area contributed by atoms with Gasteiger partial charge in [-0.15, -0.1) is 0 Å². The highest BCUT2D eigenvalue weighted by Gasteiger charge is 2.28. The van der Waals surface area contributed by atoms with E-state index in [0.29, 0.717) is 23.5 Å². The minimum Gasteiger partial charge on any atom is -0.497 e. The Morgan fingerprint density at radius 3 is 2.15 bits per heavy atom. The van der Waals surface area contributed by atoms with Crippen LogP contribution in [0.4, 0.5) is 0 Å². The first-order valence-corrected chi connectivity index (χ1v) is 14.4. The van der Waals surface area contributed by atoms with Gasteiger partial charge in [-0.2, -0.15) is 0 Å². The van der Waals surface area contributed by atoms with Gasteiger partial charge in [0.25, 0.3) is 0 Å². The second kappa shape index (κ2) is 17.1. The van der Waals surface area contributed by atoms with Gasteiger partial charge in [-0.05, 0) is 74.1 Å². The molecule has 0 saturated heterocycles. The third kappa shape index (κ3) is 10.6. The van der Waals surface area contributed by atoms with Crippen LogP contribution in [0, 0.1) is 0 Å². The van der Waals surface area contributed by atoms with E-state index >= 15 is 0 Å². The second-order valence-corrected chi connectivity index (χ2v) is 9.86. The normalized spacial score (nSPS) is 13.8. The van der Waals surface area contributed by atoms with Crippen LogP contribution in [-0.2, 0) is 4.79 Å². The molecule has 0 aliphatic carbocycles. The van der Waals surface area contributed by atoms with E-state index in [4.69, 9.17) is 14.2 Å². The number of hydrogen-bond acceptors (Lipinski definition) is 5. The molecule has 208 valence electrons. The lowest BCUT2D eigenvalue weighted by molar-refractivity contribution is -0.134. The Balaban J connectivity index is 1.30. The van der Waals surface area contributed by atoms with Gasteiger partial charge < -0.3 is 14.2 Å². The highest BCUT2D eigenvalue weighted by molar-refractivity contribution is 6.14. The summed E-state index contributed by atoms with van der Waals surface area (Å²) in [5.74, 6) is 1.31. The summed E-state index contributed by atoms with van der Waals surface area (Å²) >= 11 is 0. The average molecular weight is 531 g/mol. The molecular formula is C34H42O5. The maximum atomic E-state index is 12.8. The monoisotopic (exact) mass is 530 g/mol. The fourth-order valence-electron chi connectivity index (χ4n) is 4.37. The Labute approximate surface area is 233 Å². The smallest absolute Gasteiger partial charge is 0.311 e. The van der Waals surface area contributed by atoms with Crippen molar-refractivity contribution in [3.8, 4) is 17.2 Å². The number of fused-ring (bicyclic) bond motifs is 1. The molecule has 0 bridgehead atoms. The van der Waals surface area contributed by atoms with Crippen molar-refractivity contribution in [1.29, 1.82) is 0 Å². The quantitative estimate of drug-likeness (QED) is 0.0671. The summed E-state index contributed by atoms with van der Waals surface area (Å²) in [5.41, 5.74) is 1.23. The lowest BCUT2D eigenvalue weighted by Crippen LogP contribution is -2.07. The molecule has 0 unspecified atom stereocenters. The Kier molecular flexibility index (Phi) is 13.1. The van der Waals surface area contributed by atoms with Gasteiger partial charge in [0.1, 0.15) is 17.2 Å². The third-order valence-electron chi connectivity index (χ3n) is 6.64. The number of methoxy groups -OCH3 is 1. The number of ether oxygens (including phenoxy) is 3. The van der Waals surface area contributed by atoms with Gasteiger partial charge in [-0.25, -0.2) is 0 Å². The lowest BCUT2D eigenvalue weighted by Gasteiger charge is -2.05. The average Bonchev–Trinajstić information content (AvgIpc) is 3.25. The van der Waals surface area contributed by atoms with Crippen molar-refractivity contribution < 1.29 is 23.8 Å². The largest absolute Gasteiger partial charge is 0.497 e. The molecule has 5 nitrogen and oxygen atoms in total. The Morgan fingerprint density at radius 1 is 0.821 bits per heavy atom. The molecule has 0 radical (unpaired) electrons. The van der Waals surface area contributed by atoms with Crippen molar-refractivity contribution >= 4 is 17.8 Å². The van der Waals surface area contributed by atoms with Gasteiger partial charge >= 0.3 is 5.97 Å². The van der Waals surface area contributed by atoms with E-state index in [2.05, 4.69) is 31.2 Å². The maximum absolute atomic E-state index is 12.8. The number of esters is 1. The summed E-state index contributed by atoms with van der Waals surface area (Å²) in [4.78, 5) is 25.1. The van der Waals surface area contributed by atoms with Crippen LogP contribution in [0.5, 0.6) is 17.2 Å². The molecule has 1 aliphatic rings. The first kappa shape index (κ1) is 29.9.